The van der Waals surface area contributed by atoms with Gasteiger partial charge >= 0.3 is 6.03 Å². The largest absolute Gasteiger partial charge is 0.377 e. The molecule has 2 amide bonds. The first-order valence-corrected chi connectivity index (χ1v) is 6.74. The van der Waals surface area contributed by atoms with Gasteiger partial charge in [0.15, 0.2) is 0 Å². The summed E-state index contributed by atoms with van der Waals surface area (Å²) in [6.07, 6.45) is 2.31. The number of carbonyl (C=O) groups excluding carboxylic acids is 1. The maximum absolute atomic E-state index is 12.9. The third-order valence-electron chi connectivity index (χ3n) is 2.94. The molecule has 1 saturated heterocycles. The number of rotatable bonds is 6. The third-order valence-corrected chi connectivity index (χ3v) is 2.94. The molecule has 20 heavy (non-hydrogen) atoms. The normalized spacial score (nSPS) is 17.9. The van der Waals surface area contributed by atoms with Crippen LogP contribution in [0.5, 0.6) is 0 Å². The first kappa shape index (κ1) is 14.7. The molecule has 0 unspecified atom stereocenters. The lowest BCUT2D eigenvalue weighted by Gasteiger charge is -2.11. The number of hydrogen-bond donors (Lipinski definition) is 2. The second-order valence-corrected chi connectivity index (χ2v) is 4.60. The SMILES string of the molecule is O=C(NCCOC[C@H]1CCCO1)Nc1cccc(F)c1. The molecule has 1 aromatic carbocycles. The lowest BCUT2D eigenvalue weighted by molar-refractivity contribution is 0.0189. The minimum atomic E-state index is -0.386. The van der Waals surface area contributed by atoms with E-state index in [1.54, 1.807) is 6.07 Å². The second kappa shape index (κ2) is 7.81. The zero-order valence-electron chi connectivity index (χ0n) is 11.2. The molecule has 0 saturated carbocycles. The molecule has 5 nitrogen and oxygen atoms in total. The number of halogens is 1. The number of anilines is 1. The highest BCUT2D eigenvalue weighted by molar-refractivity contribution is 5.89. The molecule has 0 spiro atoms. The fourth-order valence-electron chi connectivity index (χ4n) is 1.97. The molecule has 0 bridgehead atoms. The van der Waals surface area contributed by atoms with E-state index in [1.807, 2.05) is 0 Å². The van der Waals surface area contributed by atoms with E-state index < -0.39 is 0 Å². The summed E-state index contributed by atoms with van der Waals surface area (Å²) in [6.45, 7) is 2.19. The van der Waals surface area contributed by atoms with Gasteiger partial charge in [0.05, 0.1) is 19.3 Å². The Hall–Kier alpha value is -1.66. The summed E-state index contributed by atoms with van der Waals surface area (Å²) in [6, 6.07) is 5.36. The van der Waals surface area contributed by atoms with Gasteiger partial charge in [-0.2, -0.15) is 0 Å². The van der Waals surface area contributed by atoms with Crippen molar-refractivity contribution in [1.29, 1.82) is 0 Å². The number of nitrogens with one attached hydrogen (secondary N) is 2. The van der Waals surface area contributed by atoms with Crippen LogP contribution >= 0.6 is 0 Å². The van der Waals surface area contributed by atoms with Gasteiger partial charge in [-0.1, -0.05) is 6.07 Å². The molecule has 1 aliphatic rings. The van der Waals surface area contributed by atoms with E-state index in [9.17, 15) is 9.18 Å². The summed E-state index contributed by atoms with van der Waals surface area (Å²) in [5.74, 6) is -0.386. The van der Waals surface area contributed by atoms with Gasteiger partial charge < -0.3 is 20.1 Å². The quantitative estimate of drug-likeness (QED) is 0.786. The van der Waals surface area contributed by atoms with Crippen LogP contribution in [-0.4, -0.2) is 38.5 Å². The van der Waals surface area contributed by atoms with Crippen LogP contribution in [0.15, 0.2) is 24.3 Å². The Bertz CT molecular complexity index is 436. The van der Waals surface area contributed by atoms with Crippen LogP contribution in [0, 0.1) is 5.82 Å². The van der Waals surface area contributed by atoms with Crippen molar-refractivity contribution >= 4 is 11.7 Å². The minimum Gasteiger partial charge on any atom is -0.377 e. The maximum atomic E-state index is 12.9. The van der Waals surface area contributed by atoms with Crippen LogP contribution in [0.25, 0.3) is 0 Å². The van der Waals surface area contributed by atoms with Gasteiger partial charge in [-0.15, -0.1) is 0 Å². The Labute approximate surface area is 117 Å². The molecular formula is C14H19FN2O3. The number of hydrogen-bond acceptors (Lipinski definition) is 3. The van der Waals surface area contributed by atoms with Crippen molar-refractivity contribution in [3.05, 3.63) is 30.1 Å². The highest BCUT2D eigenvalue weighted by Gasteiger charge is 2.14. The van der Waals surface area contributed by atoms with Crippen molar-refractivity contribution < 1.29 is 18.7 Å². The molecule has 1 atom stereocenters. The molecular weight excluding hydrogens is 263 g/mol. The third kappa shape index (κ3) is 5.14. The summed E-state index contributed by atoms with van der Waals surface area (Å²) in [5, 5.41) is 5.18. The molecule has 110 valence electrons. The van der Waals surface area contributed by atoms with Crippen LogP contribution in [0.2, 0.25) is 0 Å². The topological polar surface area (TPSA) is 59.6 Å². The van der Waals surface area contributed by atoms with Crippen molar-refractivity contribution in [3.8, 4) is 0 Å². The molecule has 1 aliphatic heterocycles. The van der Waals surface area contributed by atoms with Crippen LogP contribution < -0.4 is 10.6 Å². The lowest BCUT2D eigenvalue weighted by atomic mass is 10.2. The maximum Gasteiger partial charge on any atom is 0.319 e. The molecule has 0 aromatic heterocycles. The van der Waals surface area contributed by atoms with E-state index in [4.69, 9.17) is 9.47 Å². The van der Waals surface area contributed by atoms with Gasteiger partial charge in [0.2, 0.25) is 0 Å². The van der Waals surface area contributed by atoms with E-state index in [1.165, 1.54) is 18.2 Å². The molecule has 1 fully saturated rings. The van der Waals surface area contributed by atoms with Gasteiger partial charge in [0.25, 0.3) is 0 Å². The van der Waals surface area contributed by atoms with Gasteiger partial charge in [0, 0.05) is 18.8 Å². The highest BCUT2D eigenvalue weighted by Crippen LogP contribution is 2.11. The summed E-state index contributed by atoms with van der Waals surface area (Å²) < 4.78 is 23.7. The number of amides is 2. The predicted octanol–water partition coefficient (Wildman–Crippen LogP) is 2.14. The van der Waals surface area contributed by atoms with E-state index in [2.05, 4.69) is 10.6 Å². The van der Waals surface area contributed by atoms with Crippen molar-refractivity contribution in [3.63, 3.8) is 0 Å². The number of ether oxygens (including phenoxy) is 2. The van der Waals surface area contributed by atoms with E-state index in [0.717, 1.165) is 19.4 Å². The average Bonchev–Trinajstić information content (AvgIpc) is 2.91. The van der Waals surface area contributed by atoms with Crippen molar-refractivity contribution in [2.45, 2.75) is 18.9 Å². The number of benzene rings is 1. The number of carbonyl (C=O) groups is 1. The van der Waals surface area contributed by atoms with E-state index in [-0.39, 0.29) is 18.0 Å². The molecule has 6 heteroatoms. The molecule has 2 N–H and O–H groups in total. The van der Waals surface area contributed by atoms with Crippen LogP contribution in [0.1, 0.15) is 12.8 Å². The Morgan fingerprint density at radius 2 is 2.40 bits per heavy atom. The molecule has 0 aliphatic carbocycles. The van der Waals surface area contributed by atoms with Crippen LogP contribution in [0.4, 0.5) is 14.9 Å². The van der Waals surface area contributed by atoms with Crippen LogP contribution in [0.3, 0.4) is 0 Å². The van der Waals surface area contributed by atoms with Gasteiger partial charge in [-0.3, -0.25) is 0 Å². The first-order chi connectivity index (χ1) is 9.74. The zero-order valence-corrected chi connectivity index (χ0v) is 11.2. The monoisotopic (exact) mass is 282 g/mol. The van der Waals surface area contributed by atoms with Crippen molar-refractivity contribution in [2.75, 3.05) is 31.7 Å². The second-order valence-electron chi connectivity index (χ2n) is 4.60. The fraction of sp³-hybridized carbons (Fsp3) is 0.500. The average molecular weight is 282 g/mol. The van der Waals surface area contributed by atoms with Crippen molar-refractivity contribution in [1.82, 2.24) is 5.32 Å². The molecule has 0 radical (unpaired) electrons. The number of urea groups is 1. The Morgan fingerprint density at radius 1 is 1.50 bits per heavy atom. The first-order valence-electron chi connectivity index (χ1n) is 6.74. The smallest absolute Gasteiger partial charge is 0.319 e. The summed E-state index contributed by atoms with van der Waals surface area (Å²) in [5.41, 5.74) is 0.419. The summed E-state index contributed by atoms with van der Waals surface area (Å²) >= 11 is 0. The Kier molecular flexibility index (Phi) is 5.76. The lowest BCUT2D eigenvalue weighted by Crippen LogP contribution is -2.32. The zero-order chi connectivity index (χ0) is 14.2. The molecule has 1 heterocycles. The van der Waals surface area contributed by atoms with Gasteiger partial charge in [0.1, 0.15) is 5.82 Å². The van der Waals surface area contributed by atoms with Gasteiger partial charge in [-0.05, 0) is 31.0 Å². The summed E-state index contributed by atoms with van der Waals surface area (Å²) in [7, 11) is 0. The Morgan fingerprint density at radius 3 is 3.15 bits per heavy atom. The van der Waals surface area contributed by atoms with E-state index in [0.29, 0.717) is 25.4 Å². The van der Waals surface area contributed by atoms with Crippen LogP contribution in [-0.2, 0) is 9.47 Å². The highest BCUT2D eigenvalue weighted by atomic mass is 19.1. The van der Waals surface area contributed by atoms with Crippen molar-refractivity contribution in [2.24, 2.45) is 0 Å². The predicted molar refractivity (Wildman–Crippen MR) is 73.2 cm³/mol. The Balaban J connectivity index is 1.55. The van der Waals surface area contributed by atoms with Gasteiger partial charge in [-0.25, -0.2) is 9.18 Å². The minimum absolute atomic E-state index is 0.191. The molecule has 1 aromatic rings. The van der Waals surface area contributed by atoms with E-state index >= 15 is 0 Å². The molecule has 2 rings (SSSR count). The summed E-state index contributed by atoms with van der Waals surface area (Å²) in [4.78, 5) is 11.5. The fourth-order valence-corrected chi connectivity index (χ4v) is 1.97. The standard InChI is InChI=1S/C14H19FN2O3/c15-11-3-1-4-12(9-11)17-14(18)16-6-8-19-10-13-5-2-7-20-13/h1,3-4,9,13H,2,5-8,10H2,(H2,16,17,18)/t13-/m1/s1.